The maximum atomic E-state index is 12.4. The van der Waals surface area contributed by atoms with Crippen molar-refractivity contribution < 1.29 is 15.0 Å². The summed E-state index contributed by atoms with van der Waals surface area (Å²) >= 11 is 0. The smallest absolute Gasteiger partial charge is 0.257 e. The molecule has 104 valence electrons. The number of carbonyl (C=O) groups is 1. The van der Waals surface area contributed by atoms with E-state index in [1.54, 1.807) is 4.90 Å². The minimum atomic E-state index is -0.177. The zero-order chi connectivity index (χ0) is 14.0. The van der Waals surface area contributed by atoms with Gasteiger partial charge < -0.3 is 15.1 Å². The molecule has 1 amide bonds. The summed E-state index contributed by atoms with van der Waals surface area (Å²) in [6.07, 6.45) is 0.988. The van der Waals surface area contributed by atoms with E-state index in [1.807, 2.05) is 0 Å². The molecule has 5 heteroatoms. The molecule has 1 atom stereocenters. The molecule has 2 N–H and O–H groups in total. The molecule has 5 nitrogen and oxygen atoms in total. The summed E-state index contributed by atoms with van der Waals surface area (Å²) < 4.78 is 0. The maximum Gasteiger partial charge on any atom is 0.257 e. The number of rotatable bonds is 2. The molecule has 1 aliphatic rings. The highest BCUT2D eigenvalue weighted by Gasteiger charge is 2.27. The number of carbonyl (C=O) groups excluding carboxylic acids is 1. The van der Waals surface area contributed by atoms with E-state index >= 15 is 0 Å². The molecule has 1 aromatic carbocycles. The van der Waals surface area contributed by atoms with Gasteiger partial charge in [-0.1, -0.05) is 6.92 Å². The number of aromatic hydroxyl groups is 2. The lowest BCUT2D eigenvalue weighted by atomic mass is 10.1. The van der Waals surface area contributed by atoms with Crippen molar-refractivity contribution in [1.29, 1.82) is 0 Å². The van der Waals surface area contributed by atoms with Gasteiger partial charge in [-0.15, -0.1) is 0 Å². The van der Waals surface area contributed by atoms with Gasteiger partial charge in [0.1, 0.15) is 11.5 Å². The number of benzene rings is 1. The molecule has 1 aliphatic heterocycles. The summed E-state index contributed by atoms with van der Waals surface area (Å²) in [4.78, 5) is 16.4. The lowest BCUT2D eigenvalue weighted by Crippen LogP contribution is -2.52. The maximum absolute atomic E-state index is 12.4. The summed E-state index contributed by atoms with van der Waals surface area (Å²) in [6.45, 7) is 4.27. The first kappa shape index (κ1) is 13.7. The van der Waals surface area contributed by atoms with Gasteiger partial charge in [-0.25, -0.2) is 0 Å². The second-order valence-corrected chi connectivity index (χ2v) is 5.00. The predicted molar refractivity (Wildman–Crippen MR) is 72.4 cm³/mol. The number of hydrogen-bond donors (Lipinski definition) is 2. The van der Waals surface area contributed by atoms with Crippen LogP contribution in [0.4, 0.5) is 0 Å². The molecular weight excluding hydrogens is 244 g/mol. The van der Waals surface area contributed by atoms with E-state index in [2.05, 4.69) is 18.9 Å². The van der Waals surface area contributed by atoms with E-state index in [0.29, 0.717) is 19.1 Å². The van der Waals surface area contributed by atoms with Gasteiger partial charge in [0.25, 0.3) is 5.91 Å². The van der Waals surface area contributed by atoms with Crippen LogP contribution in [0.5, 0.6) is 11.5 Å². The first-order valence-electron chi connectivity index (χ1n) is 6.54. The Morgan fingerprint density at radius 1 is 1.37 bits per heavy atom. The first-order chi connectivity index (χ1) is 9.02. The van der Waals surface area contributed by atoms with Crippen molar-refractivity contribution in [1.82, 2.24) is 9.80 Å². The normalized spacial score (nSPS) is 20.5. The van der Waals surface area contributed by atoms with E-state index in [4.69, 9.17) is 0 Å². The Balaban J connectivity index is 2.15. The zero-order valence-corrected chi connectivity index (χ0v) is 11.3. The molecule has 0 aliphatic carbocycles. The highest BCUT2D eigenvalue weighted by atomic mass is 16.3. The molecular formula is C14H20N2O3. The van der Waals surface area contributed by atoms with Crippen LogP contribution >= 0.6 is 0 Å². The van der Waals surface area contributed by atoms with Crippen LogP contribution < -0.4 is 0 Å². The van der Waals surface area contributed by atoms with E-state index in [0.717, 1.165) is 13.0 Å². The Labute approximate surface area is 113 Å². The van der Waals surface area contributed by atoms with E-state index in [1.165, 1.54) is 18.2 Å². The van der Waals surface area contributed by atoms with Crippen LogP contribution in [0.2, 0.25) is 0 Å². The third-order valence-electron chi connectivity index (χ3n) is 3.75. The summed E-state index contributed by atoms with van der Waals surface area (Å²) in [5.41, 5.74) is 0.247. The lowest BCUT2D eigenvalue weighted by Gasteiger charge is -2.39. The topological polar surface area (TPSA) is 64.0 Å². The number of nitrogens with zero attached hydrogens (tertiary/aromatic N) is 2. The van der Waals surface area contributed by atoms with Gasteiger partial charge in [0.2, 0.25) is 0 Å². The van der Waals surface area contributed by atoms with Gasteiger partial charge in [0.05, 0.1) is 5.56 Å². The van der Waals surface area contributed by atoms with Gasteiger partial charge in [0, 0.05) is 31.7 Å². The quantitative estimate of drug-likeness (QED) is 0.844. The Hall–Kier alpha value is -1.75. The predicted octanol–water partition coefficient (Wildman–Crippen LogP) is 1.26. The first-order valence-corrected chi connectivity index (χ1v) is 6.54. The van der Waals surface area contributed by atoms with Gasteiger partial charge in [-0.3, -0.25) is 9.69 Å². The number of piperazine rings is 1. The fourth-order valence-corrected chi connectivity index (χ4v) is 2.44. The Morgan fingerprint density at radius 3 is 2.74 bits per heavy atom. The average molecular weight is 264 g/mol. The molecule has 2 rings (SSSR count). The Bertz CT molecular complexity index is 476. The molecule has 0 bridgehead atoms. The molecule has 1 aromatic rings. The number of likely N-dealkylation sites (N-methyl/N-ethyl adjacent to an activating group) is 1. The molecule has 0 spiro atoms. The summed E-state index contributed by atoms with van der Waals surface area (Å²) in [6, 6.07) is 4.43. The molecule has 1 fully saturated rings. The van der Waals surface area contributed by atoms with Crippen molar-refractivity contribution in [2.45, 2.75) is 19.4 Å². The van der Waals surface area contributed by atoms with Crippen molar-refractivity contribution in [3.63, 3.8) is 0 Å². The van der Waals surface area contributed by atoms with Crippen LogP contribution in [0.25, 0.3) is 0 Å². The third-order valence-corrected chi connectivity index (χ3v) is 3.75. The van der Waals surface area contributed by atoms with Crippen molar-refractivity contribution in [3.8, 4) is 11.5 Å². The fraction of sp³-hybridized carbons (Fsp3) is 0.500. The van der Waals surface area contributed by atoms with Crippen LogP contribution in [0.1, 0.15) is 23.7 Å². The van der Waals surface area contributed by atoms with Crippen molar-refractivity contribution in [2.75, 3.05) is 26.7 Å². The molecule has 0 radical (unpaired) electrons. The third kappa shape index (κ3) is 2.81. The number of amides is 1. The van der Waals surface area contributed by atoms with Gasteiger partial charge in [0.15, 0.2) is 0 Å². The second-order valence-electron chi connectivity index (χ2n) is 5.00. The van der Waals surface area contributed by atoms with E-state index < -0.39 is 0 Å². The van der Waals surface area contributed by atoms with E-state index in [9.17, 15) is 15.0 Å². The summed E-state index contributed by atoms with van der Waals surface area (Å²) in [5, 5.41) is 19.0. The van der Waals surface area contributed by atoms with Crippen LogP contribution in [0, 0.1) is 0 Å². The van der Waals surface area contributed by atoms with Crippen molar-refractivity contribution in [3.05, 3.63) is 23.8 Å². The molecule has 0 aromatic heterocycles. The summed E-state index contributed by atoms with van der Waals surface area (Å²) in [7, 11) is 2.06. The van der Waals surface area contributed by atoms with Crippen molar-refractivity contribution >= 4 is 5.91 Å². The number of phenols is 2. The highest BCUT2D eigenvalue weighted by molar-refractivity contribution is 5.97. The van der Waals surface area contributed by atoms with Crippen LogP contribution in [0.15, 0.2) is 18.2 Å². The molecule has 1 heterocycles. The molecule has 0 saturated carbocycles. The standard InChI is InChI=1S/C14H20N2O3/c1-3-10-9-16(7-6-15(10)2)14(19)12-5-4-11(17)8-13(12)18/h4-5,8,10,17-18H,3,6-7,9H2,1-2H3. The molecule has 19 heavy (non-hydrogen) atoms. The van der Waals surface area contributed by atoms with Gasteiger partial charge in [-0.2, -0.15) is 0 Å². The summed E-state index contributed by atoms with van der Waals surface area (Å²) in [5.74, 6) is -0.389. The van der Waals surface area contributed by atoms with Gasteiger partial charge >= 0.3 is 0 Å². The molecule has 1 unspecified atom stereocenters. The zero-order valence-electron chi connectivity index (χ0n) is 11.3. The monoisotopic (exact) mass is 264 g/mol. The van der Waals surface area contributed by atoms with Gasteiger partial charge in [-0.05, 0) is 25.6 Å². The fourth-order valence-electron chi connectivity index (χ4n) is 2.44. The minimum absolute atomic E-state index is 0.0427. The van der Waals surface area contributed by atoms with Crippen LogP contribution in [-0.4, -0.2) is 58.6 Å². The average Bonchev–Trinajstić information content (AvgIpc) is 2.38. The second kappa shape index (κ2) is 5.48. The molecule has 1 saturated heterocycles. The largest absolute Gasteiger partial charge is 0.508 e. The Morgan fingerprint density at radius 2 is 2.11 bits per heavy atom. The van der Waals surface area contributed by atoms with Crippen LogP contribution in [0.3, 0.4) is 0 Å². The van der Waals surface area contributed by atoms with Crippen LogP contribution in [-0.2, 0) is 0 Å². The highest BCUT2D eigenvalue weighted by Crippen LogP contribution is 2.24. The SMILES string of the molecule is CCC1CN(C(=O)c2ccc(O)cc2O)CCN1C. The minimum Gasteiger partial charge on any atom is -0.508 e. The lowest BCUT2D eigenvalue weighted by molar-refractivity contribution is 0.0539. The number of phenolic OH excluding ortho intramolecular Hbond substituents is 2. The van der Waals surface area contributed by atoms with E-state index in [-0.39, 0.29) is 23.0 Å². The number of hydrogen-bond acceptors (Lipinski definition) is 4. The van der Waals surface area contributed by atoms with Crippen molar-refractivity contribution in [2.24, 2.45) is 0 Å². The Kier molecular flexibility index (Phi) is 3.95.